The Balaban J connectivity index is 1.97. The summed E-state index contributed by atoms with van der Waals surface area (Å²) < 4.78 is 10.3. The normalized spacial score (nSPS) is 15.6. The molecule has 0 radical (unpaired) electrons. The number of amides is 1. The van der Waals surface area contributed by atoms with Crippen LogP contribution < -0.4 is 15.0 Å². The fraction of sp³-hybridized carbons (Fsp3) is 0.412. The Kier molecular flexibility index (Phi) is 6.61. The summed E-state index contributed by atoms with van der Waals surface area (Å²) in [7, 11) is 1.44. The van der Waals surface area contributed by atoms with Crippen LogP contribution >= 0.6 is 0 Å². The highest BCUT2D eigenvalue weighted by Gasteiger charge is 2.15. The number of nitrogens with one attached hydrogen (secondary N) is 2. The number of ether oxygens (including phenoxy) is 2. The molecule has 0 aliphatic carbocycles. The number of carbonyl (C=O) groups is 1. The van der Waals surface area contributed by atoms with Gasteiger partial charge < -0.3 is 24.8 Å². The van der Waals surface area contributed by atoms with Crippen LogP contribution in [0.3, 0.4) is 0 Å². The number of benzene rings is 1. The number of carbonyl (C=O) groups excluding carboxylic acids is 1. The molecule has 1 amide bonds. The fourth-order valence-electron chi connectivity index (χ4n) is 2.48. The molecule has 0 aromatic heterocycles. The van der Waals surface area contributed by atoms with Crippen LogP contribution in [0.25, 0.3) is 6.08 Å². The van der Waals surface area contributed by atoms with Crippen molar-refractivity contribution in [3.05, 3.63) is 29.3 Å². The maximum absolute atomic E-state index is 12.1. The summed E-state index contributed by atoms with van der Waals surface area (Å²) in [5.41, 5.74) is 0.301. The third-order valence-electron chi connectivity index (χ3n) is 3.88. The average Bonchev–Trinajstić information content (AvgIpc) is 2.61. The number of para-hydroxylation sites is 1. The van der Waals surface area contributed by atoms with Gasteiger partial charge in [0.25, 0.3) is 5.91 Å². The second-order valence-corrected chi connectivity index (χ2v) is 5.44. The van der Waals surface area contributed by atoms with Gasteiger partial charge in [-0.1, -0.05) is 12.1 Å². The van der Waals surface area contributed by atoms with Crippen LogP contribution in [0.1, 0.15) is 5.56 Å². The minimum absolute atomic E-state index is 0.0597. The van der Waals surface area contributed by atoms with Crippen molar-refractivity contribution in [1.82, 2.24) is 5.32 Å². The van der Waals surface area contributed by atoms with E-state index < -0.39 is 5.91 Å². The molecule has 24 heavy (non-hydrogen) atoms. The summed E-state index contributed by atoms with van der Waals surface area (Å²) in [5.74, 6) is -0.261. The van der Waals surface area contributed by atoms with Crippen LogP contribution in [0, 0.1) is 11.3 Å². The van der Waals surface area contributed by atoms with Crippen LogP contribution in [-0.4, -0.2) is 57.5 Å². The van der Waals surface area contributed by atoms with E-state index in [2.05, 4.69) is 5.32 Å². The number of hydrogen-bond donors (Lipinski definition) is 3. The van der Waals surface area contributed by atoms with Crippen molar-refractivity contribution in [1.29, 1.82) is 5.26 Å². The number of phenols is 1. The zero-order valence-electron chi connectivity index (χ0n) is 13.7. The largest absolute Gasteiger partial charge is 0.504 e. The van der Waals surface area contributed by atoms with E-state index in [1.807, 2.05) is 6.07 Å². The number of methoxy groups -OCH3 is 1. The predicted molar refractivity (Wildman–Crippen MR) is 87.6 cm³/mol. The van der Waals surface area contributed by atoms with E-state index in [0.717, 1.165) is 32.8 Å². The lowest BCUT2D eigenvalue weighted by Crippen LogP contribution is -3.14. The Hall–Kier alpha value is -2.56. The van der Waals surface area contributed by atoms with Gasteiger partial charge >= 0.3 is 0 Å². The van der Waals surface area contributed by atoms with Crippen LogP contribution in [0.4, 0.5) is 0 Å². The third kappa shape index (κ3) is 4.72. The summed E-state index contributed by atoms with van der Waals surface area (Å²) >= 11 is 0. The van der Waals surface area contributed by atoms with E-state index in [1.165, 1.54) is 18.1 Å². The first kappa shape index (κ1) is 17.8. The van der Waals surface area contributed by atoms with Crippen molar-refractivity contribution in [2.24, 2.45) is 0 Å². The molecule has 0 unspecified atom stereocenters. The molecule has 0 atom stereocenters. The molecule has 1 aliphatic rings. The van der Waals surface area contributed by atoms with Gasteiger partial charge in [0.05, 0.1) is 33.4 Å². The zero-order chi connectivity index (χ0) is 17.4. The smallest absolute Gasteiger partial charge is 0.262 e. The monoisotopic (exact) mass is 332 g/mol. The third-order valence-corrected chi connectivity index (χ3v) is 3.88. The number of morpholine rings is 1. The van der Waals surface area contributed by atoms with Gasteiger partial charge in [0, 0.05) is 5.56 Å². The summed E-state index contributed by atoms with van der Waals surface area (Å²) in [6, 6.07) is 6.77. The van der Waals surface area contributed by atoms with Gasteiger partial charge in [0.1, 0.15) is 24.7 Å². The Morgan fingerprint density at radius 3 is 2.92 bits per heavy atom. The van der Waals surface area contributed by atoms with Gasteiger partial charge in [-0.05, 0) is 12.1 Å². The molecule has 3 N–H and O–H groups in total. The molecular weight excluding hydrogens is 310 g/mol. The fourth-order valence-corrected chi connectivity index (χ4v) is 2.48. The highest BCUT2D eigenvalue weighted by molar-refractivity contribution is 6.02. The number of nitrogens with zero attached hydrogens (tertiary/aromatic N) is 1. The first-order valence-electron chi connectivity index (χ1n) is 7.83. The number of nitriles is 1. The highest BCUT2D eigenvalue weighted by Crippen LogP contribution is 2.30. The van der Waals surface area contributed by atoms with Crippen LogP contribution in [-0.2, 0) is 9.53 Å². The van der Waals surface area contributed by atoms with Gasteiger partial charge in [-0.3, -0.25) is 4.79 Å². The average molecular weight is 332 g/mol. The summed E-state index contributed by atoms with van der Waals surface area (Å²) in [4.78, 5) is 13.5. The number of rotatable bonds is 6. The summed E-state index contributed by atoms with van der Waals surface area (Å²) in [6.07, 6.45) is 1.36. The Labute approximate surface area is 141 Å². The van der Waals surface area contributed by atoms with Crippen LogP contribution in [0.15, 0.2) is 23.8 Å². The Morgan fingerprint density at radius 2 is 2.25 bits per heavy atom. The van der Waals surface area contributed by atoms with Gasteiger partial charge in [-0.25, -0.2) is 0 Å². The van der Waals surface area contributed by atoms with Crippen molar-refractivity contribution in [3.8, 4) is 17.6 Å². The Morgan fingerprint density at radius 1 is 1.50 bits per heavy atom. The zero-order valence-corrected chi connectivity index (χ0v) is 13.7. The molecule has 0 saturated carbocycles. The van der Waals surface area contributed by atoms with E-state index in [4.69, 9.17) is 9.47 Å². The molecule has 1 fully saturated rings. The second kappa shape index (κ2) is 8.91. The first-order valence-corrected chi connectivity index (χ1v) is 7.83. The van der Waals surface area contributed by atoms with E-state index in [1.54, 1.807) is 18.2 Å². The molecule has 0 bridgehead atoms. The summed E-state index contributed by atoms with van der Waals surface area (Å²) in [6.45, 7) is 4.60. The van der Waals surface area contributed by atoms with Crippen molar-refractivity contribution < 1.29 is 24.3 Å². The van der Waals surface area contributed by atoms with E-state index in [9.17, 15) is 15.2 Å². The molecule has 7 nitrogen and oxygen atoms in total. The van der Waals surface area contributed by atoms with Gasteiger partial charge in [0.15, 0.2) is 11.5 Å². The van der Waals surface area contributed by atoms with Gasteiger partial charge in [-0.15, -0.1) is 0 Å². The molecule has 1 aromatic carbocycles. The SMILES string of the molecule is COc1cccc(/C=C(\C#N)C(=O)NCC[NH+]2CCOCC2)c1O. The molecule has 1 heterocycles. The minimum atomic E-state index is -0.452. The van der Waals surface area contributed by atoms with E-state index in [-0.39, 0.29) is 17.1 Å². The summed E-state index contributed by atoms with van der Waals surface area (Å²) in [5, 5.41) is 22.0. The van der Waals surface area contributed by atoms with Crippen LogP contribution in [0.5, 0.6) is 11.5 Å². The topological polar surface area (TPSA) is 96.0 Å². The standard InChI is InChI=1S/C17H21N3O4/c1-23-15-4-2-3-13(16(15)21)11-14(12-18)17(22)19-5-6-20-7-9-24-10-8-20/h2-4,11,21H,5-10H2,1H3,(H,19,22)/p+1/b14-11+. The van der Waals surface area contributed by atoms with Crippen molar-refractivity contribution in [2.75, 3.05) is 46.5 Å². The molecule has 1 aliphatic heterocycles. The lowest BCUT2D eigenvalue weighted by molar-refractivity contribution is -0.906. The van der Waals surface area contributed by atoms with Crippen molar-refractivity contribution in [3.63, 3.8) is 0 Å². The maximum atomic E-state index is 12.1. The Bertz CT molecular complexity index is 646. The second-order valence-electron chi connectivity index (χ2n) is 5.44. The molecule has 1 saturated heterocycles. The highest BCUT2D eigenvalue weighted by atomic mass is 16.5. The lowest BCUT2D eigenvalue weighted by Gasteiger charge is -2.23. The van der Waals surface area contributed by atoms with E-state index >= 15 is 0 Å². The predicted octanol–water partition coefficient (Wildman–Crippen LogP) is -0.661. The van der Waals surface area contributed by atoms with Crippen LogP contribution in [0.2, 0.25) is 0 Å². The molecule has 0 spiro atoms. The first-order chi connectivity index (χ1) is 11.7. The van der Waals surface area contributed by atoms with Crippen molar-refractivity contribution in [2.45, 2.75) is 0 Å². The lowest BCUT2D eigenvalue weighted by atomic mass is 10.1. The quantitative estimate of drug-likeness (QED) is 0.475. The molecular formula is C17H22N3O4+. The maximum Gasteiger partial charge on any atom is 0.262 e. The number of hydrogen-bond acceptors (Lipinski definition) is 5. The molecule has 2 rings (SSSR count). The number of aromatic hydroxyl groups is 1. The number of quaternary nitrogens is 1. The molecule has 128 valence electrons. The van der Waals surface area contributed by atoms with Gasteiger partial charge in [0.2, 0.25) is 0 Å². The minimum Gasteiger partial charge on any atom is -0.504 e. The van der Waals surface area contributed by atoms with Crippen molar-refractivity contribution >= 4 is 12.0 Å². The molecule has 7 heteroatoms. The number of phenolic OH excluding ortho intramolecular Hbond substituents is 1. The molecule has 1 aromatic rings. The van der Waals surface area contributed by atoms with Gasteiger partial charge in [-0.2, -0.15) is 5.26 Å². The van der Waals surface area contributed by atoms with E-state index in [0.29, 0.717) is 12.1 Å².